The molecule has 5 aliphatic rings. The van der Waals surface area contributed by atoms with Gasteiger partial charge in [-0.1, -0.05) is 16.8 Å². The van der Waals surface area contributed by atoms with E-state index in [2.05, 4.69) is 20.2 Å². The minimum Gasteiger partial charge on any atom is -0.480 e. The topological polar surface area (TPSA) is 107 Å². The van der Waals surface area contributed by atoms with Crippen LogP contribution < -0.4 is 10.1 Å². The van der Waals surface area contributed by atoms with Crippen molar-refractivity contribution in [3.63, 3.8) is 0 Å². The van der Waals surface area contributed by atoms with Gasteiger partial charge in [-0.2, -0.15) is 4.98 Å². The van der Waals surface area contributed by atoms with Crippen LogP contribution in [-0.4, -0.2) is 45.3 Å². The minimum absolute atomic E-state index is 0.133. The number of fused-ring (bicyclic) bond motifs is 1. The molecule has 0 radical (unpaired) electrons. The standard InChI is InChI=1S/C22H21ClF3N3O5/c23-11-1-2-15-13(5-11)14(30)6-16(32-15)18(31)28-21-7-20(8-21,9-21)19-27-17(29-34-19)10-3-12(4-10)33-22(24,25)26/h1-2,5,10,12,14,16,30H,3-4,6-9H2,(H,28,31)/t10-,12+,14-,16-,20?,21?/m1/s1. The normalized spacial score (nSPS) is 35.8. The highest BCUT2D eigenvalue weighted by Crippen LogP contribution is 2.67. The van der Waals surface area contributed by atoms with Crippen molar-refractivity contribution in [1.29, 1.82) is 0 Å². The summed E-state index contributed by atoms with van der Waals surface area (Å²) in [6.07, 6.45) is -4.71. The Labute approximate surface area is 196 Å². The molecular formula is C22H21ClF3N3O5. The number of amides is 1. The summed E-state index contributed by atoms with van der Waals surface area (Å²) in [6.45, 7) is 0. The highest BCUT2D eigenvalue weighted by atomic mass is 35.5. The second-order valence-electron chi connectivity index (χ2n) is 9.93. The summed E-state index contributed by atoms with van der Waals surface area (Å²) in [5.41, 5.74) is -0.112. The molecule has 7 rings (SSSR count). The number of alkyl halides is 3. The smallest absolute Gasteiger partial charge is 0.480 e. The molecule has 0 unspecified atom stereocenters. The number of nitrogens with zero attached hydrogens (tertiary/aromatic N) is 2. The monoisotopic (exact) mass is 499 g/mol. The number of rotatable bonds is 5. The van der Waals surface area contributed by atoms with Gasteiger partial charge in [0.2, 0.25) is 5.89 Å². The molecule has 2 N–H and O–H groups in total. The lowest BCUT2D eigenvalue weighted by Crippen LogP contribution is -2.77. The Morgan fingerprint density at radius 1 is 1.24 bits per heavy atom. The molecule has 2 atom stereocenters. The number of halogens is 4. The number of aromatic nitrogens is 2. The van der Waals surface area contributed by atoms with E-state index in [1.54, 1.807) is 18.2 Å². The van der Waals surface area contributed by atoms with Crippen LogP contribution in [0.4, 0.5) is 13.2 Å². The van der Waals surface area contributed by atoms with E-state index in [0.717, 1.165) is 0 Å². The van der Waals surface area contributed by atoms with Gasteiger partial charge < -0.3 is 19.7 Å². The van der Waals surface area contributed by atoms with Crippen LogP contribution >= 0.6 is 11.6 Å². The Hall–Kier alpha value is -2.37. The van der Waals surface area contributed by atoms with Crippen molar-refractivity contribution >= 4 is 17.5 Å². The van der Waals surface area contributed by atoms with Crippen LogP contribution in [0.2, 0.25) is 5.02 Å². The molecule has 12 heteroatoms. The number of hydrogen-bond acceptors (Lipinski definition) is 7. The van der Waals surface area contributed by atoms with E-state index in [1.807, 2.05) is 0 Å². The second-order valence-corrected chi connectivity index (χ2v) is 10.4. The van der Waals surface area contributed by atoms with Crippen molar-refractivity contribution in [3.05, 3.63) is 40.5 Å². The Bertz CT molecular complexity index is 1130. The quantitative estimate of drug-likeness (QED) is 0.646. The van der Waals surface area contributed by atoms with Crippen LogP contribution in [0.5, 0.6) is 5.75 Å². The molecule has 8 nitrogen and oxygen atoms in total. The predicted octanol–water partition coefficient (Wildman–Crippen LogP) is 3.68. The molecule has 0 spiro atoms. The van der Waals surface area contributed by atoms with Crippen LogP contribution in [0.15, 0.2) is 22.7 Å². The number of aliphatic hydroxyl groups is 1. The fourth-order valence-corrected chi connectivity index (χ4v) is 5.93. The van der Waals surface area contributed by atoms with Gasteiger partial charge >= 0.3 is 6.36 Å². The number of aliphatic hydroxyl groups excluding tert-OH is 1. The minimum atomic E-state index is -4.64. The van der Waals surface area contributed by atoms with Crippen molar-refractivity contribution in [3.8, 4) is 5.75 Å². The molecule has 2 bridgehead atoms. The molecule has 4 saturated carbocycles. The summed E-state index contributed by atoms with van der Waals surface area (Å²) in [4.78, 5) is 17.3. The first-order valence-corrected chi connectivity index (χ1v) is 11.5. The fourth-order valence-electron chi connectivity index (χ4n) is 5.75. The highest BCUT2D eigenvalue weighted by molar-refractivity contribution is 6.30. The summed E-state index contributed by atoms with van der Waals surface area (Å²) in [5.74, 6) is 0.814. The van der Waals surface area contributed by atoms with E-state index >= 15 is 0 Å². The van der Waals surface area contributed by atoms with Crippen molar-refractivity contribution in [2.75, 3.05) is 0 Å². The van der Waals surface area contributed by atoms with Gasteiger partial charge in [-0.3, -0.25) is 9.53 Å². The molecule has 2 heterocycles. The first-order valence-electron chi connectivity index (χ1n) is 11.1. The van der Waals surface area contributed by atoms with Crippen LogP contribution in [0.25, 0.3) is 0 Å². The van der Waals surface area contributed by atoms with Gasteiger partial charge in [0.25, 0.3) is 5.91 Å². The van der Waals surface area contributed by atoms with Gasteiger partial charge in [0.1, 0.15) is 5.75 Å². The zero-order valence-electron chi connectivity index (χ0n) is 17.8. The van der Waals surface area contributed by atoms with Gasteiger partial charge in [0.15, 0.2) is 11.9 Å². The molecule has 0 saturated heterocycles. The zero-order chi connectivity index (χ0) is 23.9. The number of ether oxygens (including phenoxy) is 2. The first kappa shape index (κ1) is 22.1. The van der Waals surface area contributed by atoms with Gasteiger partial charge in [0, 0.05) is 28.5 Å². The van der Waals surface area contributed by atoms with E-state index in [-0.39, 0.29) is 42.0 Å². The fraction of sp³-hybridized carbons (Fsp3) is 0.591. The number of carbonyl (C=O) groups excluding carboxylic acids is 1. The largest absolute Gasteiger partial charge is 0.522 e. The average Bonchev–Trinajstić information content (AvgIpc) is 3.14. The zero-order valence-corrected chi connectivity index (χ0v) is 18.5. The molecule has 2 aromatic rings. The average molecular weight is 500 g/mol. The van der Waals surface area contributed by atoms with Crippen molar-refractivity contribution in [1.82, 2.24) is 15.5 Å². The van der Waals surface area contributed by atoms with Crippen molar-refractivity contribution in [2.45, 2.75) is 80.1 Å². The molecular weight excluding hydrogens is 479 g/mol. The molecule has 182 valence electrons. The molecule has 4 fully saturated rings. The van der Waals surface area contributed by atoms with Crippen LogP contribution in [-0.2, 0) is 14.9 Å². The Kier molecular flexibility index (Phi) is 4.76. The van der Waals surface area contributed by atoms with E-state index < -0.39 is 24.7 Å². The molecule has 1 aromatic heterocycles. The highest BCUT2D eigenvalue weighted by Gasteiger charge is 2.72. The van der Waals surface area contributed by atoms with Crippen molar-refractivity contribution in [2.24, 2.45) is 0 Å². The summed E-state index contributed by atoms with van der Waals surface area (Å²) in [5, 5.41) is 17.9. The van der Waals surface area contributed by atoms with E-state index in [0.29, 0.717) is 47.3 Å². The lowest BCUT2D eigenvalue weighted by molar-refractivity contribution is -0.352. The lowest BCUT2D eigenvalue weighted by Gasteiger charge is -2.68. The number of nitrogens with one attached hydrogen (secondary N) is 1. The molecule has 34 heavy (non-hydrogen) atoms. The SMILES string of the molecule is O=C(NC12CC(c3nc([C@H]4C[C@@H](OC(F)(F)F)C4)no3)(C1)C2)[C@H]1C[C@@H](O)c2cc(Cl)ccc2O1. The number of hydrogen-bond donors (Lipinski definition) is 2. The Morgan fingerprint density at radius 3 is 2.68 bits per heavy atom. The van der Waals surface area contributed by atoms with E-state index in [4.69, 9.17) is 20.9 Å². The van der Waals surface area contributed by atoms with Crippen LogP contribution in [0, 0.1) is 0 Å². The Morgan fingerprint density at radius 2 is 1.97 bits per heavy atom. The van der Waals surface area contributed by atoms with Crippen molar-refractivity contribution < 1.29 is 37.1 Å². The molecule has 4 aliphatic carbocycles. The van der Waals surface area contributed by atoms with E-state index in [9.17, 15) is 23.1 Å². The Balaban J connectivity index is 1.03. The summed E-state index contributed by atoms with van der Waals surface area (Å²) < 4.78 is 52.1. The maximum absolute atomic E-state index is 12.8. The lowest BCUT2D eigenvalue weighted by atomic mass is 9.39. The number of benzene rings is 1. The summed E-state index contributed by atoms with van der Waals surface area (Å²) in [7, 11) is 0. The maximum atomic E-state index is 12.8. The third-order valence-corrected chi connectivity index (χ3v) is 7.64. The maximum Gasteiger partial charge on any atom is 0.522 e. The van der Waals surface area contributed by atoms with Gasteiger partial charge in [-0.05, 0) is 50.3 Å². The predicted molar refractivity (Wildman–Crippen MR) is 109 cm³/mol. The molecule has 1 aliphatic heterocycles. The summed E-state index contributed by atoms with van der Waals surface area (Å²) >= 11 is 5.97. The first-order chi connectivity index (χ1) is 16.0. The third-order valence-electron chi connectivity index (χ3n) is 7.40. The van der Waals surface area contributed by atoms with E-state index in [1.165, 1.54) is 0 Å². The second kappa shape index (κ2) is 7.32. The molecule has 1 amide bonds. The third kappa shape index (κ3) is 3.64. The van der Waals surface area contributed by atoms with Crippen LogP contribution in [0.1, 0.15) is 67.8 Å². The van der Waals surface area contributed by atoms with Gasteiger partial charge in [0.05, 0.1) is 17.6 Å². The molecule has 1 aromatic carbocycles. The van der Waals surface area contributed by atoms with Gasteiger partial charge in [-0.15, -0.1) is 13.2 Å². The van der Waals surface area contributed by atoms with Crippen LogP contribution in [0.3, 0.4) is 0 Å². The summed E-state index contributed by atoms with van der Waals surface area (Å²) in [6, 6.07) is 4.92. The number of carbonyl (C=O) groups is 1. The van der Waals surface area contributed by atoms with Gasteiger partial charge in [-0.25, -0.2) is 0 Å².